The molecular formula is C8H17N3OSi. The van der Waals surface area contributed by atoms with Gasteiger partial charge in [0.05, 0.1) is 0 Å². The topological polar surface area (TPSA) is 39.9 Å². The SMILES string of the molecule is C[Si](C)(C)CCOCn1cnnc1. The quantitative estimate of drug-likeness (QED) is 0.534. The average Bonchev–Trinajstić information content (AvgIpc) is 2.48. The van der Waals surface area contributed by atoms with Gasteiger partial charge >= 0.3 is 0 Å². The van der Waals surface area contributed by atoms with E-state index in [0.717, 1.165) is 6.61 Å². The second-order valence-electron chi connectivity index (χ2n) is 4.32. The summed E-state index contributed by atoms with van der Waals surface area (Å²) in [5.74, 6) is 0. The Balaban J connectivity index is 2.09. The summed E-state index contributed by atoms with van der Waals surface area (Å²) in [6, 6.07) is 1.20. The molecule has 0 saturated carbocycles. The molecule has 13 heavy (non-hydrogen) atoms. The lowest BCUT2D eigenvalue weighted by molar-refractivity contribution is 0.0869. The van der Waals surface area contributed by atoms with Crippen LogP contribution in [0.4, 0.5) is 0 Å². The molecule has 1 aromatic rings. The minimum Gasteiger partial charge on any atom is -0.361 e. The van der Waals surface area contributed by atoms with Gasteiger partial charge in [0.15, 0.2) is 0 Å². The molecular weight excluding hydrogens is 182 g/mol. The molecule has 0 saturated heterocycles. The molecule has 0 radical (unpaired) electrons. The highest BCUT2D eigenvalue weighted by Gasteiger charge is 2.11. The van der Waals surface area contributed by atoms with E-state index >= 15 is 0 Å². The third kappa shape index (κ3) is 4.79. The number of hydrogen-bond acceptors (Lipinski definition) is 3. The fourth-order valence-corrected chi connectivity index (χ4v) is 1.59. The van der Waals surface area contributed by atoms with Gasteiger partial charge in [-0.15, -0.1) is 10.2 Å². The normalized spacial score (nSPS) is 11.9. The van der Waals surface area contributed by atoms with Crippen LogP contribution in [-0.2, 0) is 11.5 Å². The van der Waals surface area contributed by atoms with E-state index in [-0.39, 0.29) is 0 Å². The molecule has 0 aliphatic heterocycles. The predicted octanol–water partition coefficient (Wildman–Crippen LogP) is 1.59. The van der Waals surface area contributed by atoms with Crippen molar-refractivity contribution in [2.24, 2.45) is 0 Å². The highest BCUT2D eigenvalue weighted by atomic mass is 28.3. The summed E-state index contributed by atoms with van der Waals surface area (Å²) in [6.45, 7) is 8.44. The van der Waals surface area contributed by atoms with Crippen LogP contribution in [0.15, 0.2) is 12.7 Å². The van der Waals surface area contributed by atoms with Crippen molar-refractivity contribution in [1.82, 2.24) is 14.8 Å². The van der Waals surface area contributed by atoms with Crippen LogP contribution in [0.2, 0.25) is 25.7 Å². The van der Waals surface area contributed by atoms with Crippen molar-refractivity contribution in [3.63, 3.8) is 0 Å². The fourth-order valence-electron chi connectivity index (χ4n) is 0.837. The van der Waals surface area contributed by atoms with Crippen molar-refractivity contribution in [3.8, 4) is 0 Å². The van der Waals surface area contributed by atoms with E-state index < -0.39 is 8.07 Å². The maximum absolute atomic E-state index is 5.47. The summed E-state index contributed by atoms with van der Waals surface area (Å²) in [5.41, 5.74) is 0. The molecule has 5 heteroatoms. The maximum Gasteiger partial charge on any atom is 0.125 e. The number of rotatable bonds is 5. The van der Waals surface area contributed by atoms with Gasteiger partial charge in [-0.1, -0.05) is 19.6 Å². The van der Waals surface area contributed by atoms with Crippen molar-refractivity contribution >= 4 is 8.07 Å². The van der Waals surface area contributed by atoms with E-state index in [1.54, 1.807) is 12.7 Å². The van der Waals surface area contributed by atoms with Gasteiger partial charge in [-0.3, -0.25) is 4.57 Å². The van der Waals surface area contributed by atoms with Crippen molar-refractivity contribution in [2.75, 3.05) is 6.61 Å². The molecule has 0 aromatic carbocycles. The molecule has 0 N–H and O–H groups in total. The summed E-state index contributed by atoms with van der Waals surface area (Å²) in [4.78, 5) is 0. The summed E-state index contributed by atoms with van der Waals surface area (Å²) in [5, 5.41) is 7.38. The number of aromatic nitrogens is 3. The molecule has 1 aromatic heterocycles. The Morgan fingerprint density at radius 2 is 1.85 bits per heavy atom. The number of nitrogens with zero attached hydrogens (tertiary/aromatic N) is 3. The van der Waals surface area contributed by atoms with Crippen LogP contribution in [0.5, 0.6) is 0 Å². The van der Waals surface area contributed by atoms with Gasteiger partial charge in [-0.2, -0.15) is 0 Å². The second kappa shape index (κ2) is 4.52. The van der Waals surface area contributed by atoms with Gasteiger partial charge in [-0.25, -0.2) is 0 Å². The molecule has 0 unspecified atom stereocenters. The van der Waals surface area contributed by atoms with Crippen LogP contribution in [0, 0.1) is 0 Å². The number of hydrogen-bond donors (Lipinski definition) is 0. The lowest BCUT2D eigenvalue weighted by Gasteiger charge is -2.15. The minimum absolute atomic E-state index is 0.567. The Labute approximate surface area is 79.9 Å². The minimum atomic E-state index is -0.945. The van der Waals surface area contributed by atoms with E-state index in [4.69, 9.17) is 4.74 Å². The first-order chi connectivity index (χ1) is 6.08. The van der Waals surface area contributed by atoms with E-state index in [1.165, 1.54) is 6.04 Å². The Hall–Kier alpha value is -0.683. The molecule has 0 atom stereocenters. The van der Waals surface area contributed by atoms with E-state index in [0.29, 0.717) is 6.73 Å². The zero-order valence-electron chi connectivity index (χ0n) is 8.53. The smallest absolute Gasteiger partial charge is 0.125 e. The Morgan fingerprint density at radius 3 is 2.38 bits per heavy atom. The molecule has 0 amide bonds. The summed E-state index contributed by atoms with van der Waals surface area (Å²) < 4.78 is 7.30. The lowest BCUT2D eigenvalue weighted by atomic mass is 10.8. The number of ether oxygens (including phenoxy) is 1. The van der Waals surface area contributed by atoms with Gasteiger partial charge in [0.25, 0.3) is 0 Å². The van der Waals surface area contributed by atoms with Crippen LogP contribution >= 0.6 is 0 Å². The molecule has 0 aliphatic carbocycles. The highest BCUT2D eigenvalue weighted by Crippen LogP contribution is 2.07. The fraction of sp³-hybridized carbons (Fsp3) is 0.750. The van der Waals surface area contributed by atoms with E-state index in [9.17, 15) is 0 Å². The lowest BCUT2D eigenvalue weighted by Crippen LogP contribution is -2.21. The van der Waals surface area contributed by atoms with Gasteiger partial charge in [0.2, 0.25) is 0 Å². The van der Waals surface area contributed by atoms with Crippen molar-refractivity contribution in [3.05, 3.63) is 12.7 Å². The summed E-state index contributed by atoms with van der Waals surface area (Å²) in [7, 11) is -0.945. The van der Waals surface area contributed by atoms with Crippen molar-refractivity contribution in [2.45, 2.75) is 32.4 Å². The van der Waals surface area contributed by atoms with Gasteiger partial charge < -0.3 is 4.74 Å². The molecule has 0 aliphatic rings. The molecule has 1 heterocycles. The summed E-state index contributed by atoms with van der Waals surface area (Å²) in [6.07, 6.45) is 3.32. The molecule has 1 rings (SSSR count). The summed E-state index contributed by atoms with van der Waals surface area (Å²) >= 11 is 0. The maximum atomic E-state index is 5.47. The first kappa shape index (κ1) is 10.4. The third-order valence-corrected chi connectivity index (χ3v) is 3.41. The Morgan fingerprint density at radius 1 is 1.23 bits per heavy atom. The molecule has 0 bridgehead atoms. The predicted molar refractivity (Wildman–Crippen MR) is 54.1 cm³/mol. The van der Waals surface area contributed by atoms with E-state index in [2.05, 4.69) is 29.8 Å². The Bertz CT molecular complexity index is 230. The van der Waals surface area contributed by atoms with Crippen LogP contribution in [-0.4, -0.2) is 29.4 Å². The van der Waals surface area contributed by atoms with Crippen LogP contribution in [0.25, 0.3) is 0 Å². The molecule has 0 spiro atoms. The largest absolute Gasteiger partial charge is 0.361 e. The van der Waals surface area contributed by atoms with Crippen molar-refractivity contribution in [1.29, 1.82) is 0 Å². The molecule has 0 fully saturated rings. The van der Waals surface area contributed by atoms with Gasteiger partial charge in [-0.05, 0) is 6.04 Å². The zero-order valence-corrected chi connectivity index (χ0v) is 9.53. The van der Waals surface area contributed by atoms with E-state index in [1.807, 2.05) is 4.57 Å². The van der Waals surface area contributed by atoms with Gasteiger partial charge in [0, 0.05) is 14.7 Å². The molecule has 4 nitrogen and oxygen atoms in total. The second-order valence-corrected chi connectivity index (χ2v) is 9.95. The van der Waals surface area contributed by atoms with Crippen molar-refractivity contribution < 1.29 is 4.74 Å². The standard InChI is InChI=1S/C8H17N3OSi/c1-13(2,3)5-4-12-8-11-6-9-10-7-11/h6-7H,4-5,8H2,1-3H3. The highest BCUT2D eigenvalue weighted by molar-refractivity contribution is 6.76. The first-order valence-electron chi connectivity index (χ1n) is 4.48. The zero-order chi connectivity index (χ0) is 9.73. The Kier molecular flexibility index (Phi) is 3.62. The van der Waals surface area contributed by atoms with Crippen LogP contribution in [0.3, 0.4) is 0 Å². The van der Waals surface area contributed by atoms with Crippen LogP contribution in [0.1, 0.15) is 0 Å². The van der Waals surface area contributed by atoms with Crippen LogP contribution < -0.4 is 0 Å². The average molecular weight is 199 g/mol. The first-order valence-corrected chi connectivity index (χ1v) is 8.19. The third-order valence-electron chi connectivity index (χ3n) is 1.70. The monoisotopic (exact) mass is 199 g/mol. The van der Waals surface area contributed by atoms with Gasteiger partial charge in [0.1, 0.15) is 19.4 Å². The molecule has 74 valence electrons.